The molecule has 1 aliphatic rings. The molecule has 19 heavy (non-hydrogen) atoms. The van der Waals surface area contributed by atoms with Crippen LogP contribution < -0.4 is 5.32 Å². The largest absolute Gasteiger partial charge is 0.396 e. The monoisotopic (exact) mass is 301 g/mol. The van der Waals surface area contributed by atoms with Crippen molar-refractivity contribution in [3.8, 4) is 0 Å². The molecule has 0 radical (unpaired) electrons. The second kappa shape index (κ2) is 6.60. The van der Waals surface area contributed by atoms with Gasteiger partial charge in [-0.05, 0) is 30.5 Å². The van der Waals surface area contributed by atoms with Crippen molar-refractivity contribution < 1.29 is 9.90 Å². The minimum absolute atomic E-state index is 0.0382. The maximum Gasteiger partial charge on any atom is 0.224 e. The number of halogens is 2. The SMILES string of the molecule is O=C(Cc1ccc(Cl)c(Cl)c1)NC1CCCC1CO. The van der Waals surface area contributed by atoms with Gasteiger partial charge < -0.3 is 10.4 Å². The van der Waals surface area contributed by atoms with Gasteiger partial charge in [0.15, 0.2) is 0 Å². The van der Waals surface area contributed by atoms with Crippen LogP contribution in [0.3, 0.4) is 0 Å². The fourth-order valence-electron chi connectivity index (χ4n) is 2.54. The highest BCUT2D eigenvalue weighted by atomic mass is 35.5. The molecule has 104 valence electrons. The molecule has 2 rings (SSSR count). The van der Waals surface area contributed by atoms with E-state index < -0.39 is 0 Å². The molecular weight excluding hydrogens is 285 g/mol. The lowest BCUT2D eigenvalue weighted by atomic mass is 10.0. The average molecular weight is 302 g/mol. The highest BCUT2D eigenvalue weighted by Gasteiger charge is 2.27. The quantitative estimate of drug-likeness (QED) is 0.898. The molecule has 2 N–H and O–H groups in total. The smallest absolute Gasteiger partial charge is 0.224 e. The maximum absolute atomic E-state index is 12.0. The minimum Gasteiger partial charge on any atom is -0.396 e. The molecule has 0 bridgehead atoms. The van der Waals surface area contributed by atoms with E-state index in [1.165, 1.54) is 0 Å². The Morgan fingerprint density at radius 1 is 1.32 bits per heavy atom. The topological polar surface area (TPSA) is 49.3 Å². The minimum atomic E-state index is -0.0382. The van der Waals surface area contributed by atoms with Crippen molar-refractivity contribution in [3.63, 3.8) is 0 Å². The van der Waals surface area contributed by atoms with Crippen LogP contribution in [0.25, 0.3) is 0 Å². The van der Waals surface area contributed by atoms with Gasteiger partial charge in [-0.2, -0.15) is 0 Å². The molecule has 1 fully saturated rings. The summed E-state index contributed by atoms with van der Waals surface area (Å²) in [6.45, 7) is 0.137. The molecule has 2 unspecified atom stereocenters. The van der Waals surface area contributed by atoms with Crippen LogP contribution in [0.2, 0.25) is 10.0 Å². The molecule has 1 aromatic carbocycles. The molecule has 0 spiro atoms. The van der Waals surface area contributed by atoms with Crippen molar-refractivity contribution in [2.75, 3.05) is 6.61 Å². The van der Waals surface area contributed by atoms with E-state index in [1.54, 1.807) is 18.2 Å². The van der Waals surface area contributed by atoms with Crippen LogP contribution >= 0.6 is 23.2 Å². The highest BCUT2D eigenvalue weighted by Crippen LogP contribution is 2.25. The zero-order valence-corrected chi connectivity index (χ0v) is 12.0. The second-order valence-corrected chi connectivity index (χ2v) is 5.79. The van der Waals surface area contributed by atoms with Crippen LogP contribution in [0, 0.1) is 5.92 Å². The molecular formula is C14H17Cl2NO2. The van der Waals surface area contributed by atoms with Gasteiger partial charge in [-0.15, -0.1) is 0 Å². The summed E-state index contributed by atoms with van der Waals surface area (Å²) < 4.78 is 0. The Morgan fingerprint density at radius 2 is 2.11 bits per heavy atom. The van der Waals surface area contributed by atoms with E-state index in [1.807, 2.05) is 0 Å². The predicted molar refractivity (Wildman–Crippen MR) is 76.5 cm³/mol. The predicted octanol–water partition coefficient (Wildman–Crippen LogP) is 2.81. The lowest BCUT2D eigenvalue weighted by Gasteiger charge is -2.19. The number of hydrogen-bond donors (Lipinski definition) is 2. The Kier molecular flexibility index (Phi) is 5.08. The number of rotatable bonds is 4. The van der Waals surface area contributed by atoms with Gasteiger partial charge in [-0.25, -0.2) is 0 Å². The lowest BCUT2D eigenvalue weighted by molar-refractivity contribution is -0.121. The summed E-state index contributed by atoms with van der Waals surface area (Å²) in [7, 11) is 0. The first kappa shape index (κ1) is 14.6. The zero-order chi connectivity index (χ0) is 13.8. The lowest BCUT2D eigenvalue weighted by Crippen LogP contribution is -2.39. The van der Waals surface area contributed by atoms with E-state index in [0.29, 0.717) is 10.0 Å². The van der Waals surface area contributed by atoms with Gasteiger partial charge in [0.1, 0.15) is 0 Å². The number of amides is 1. The van der Waals surface area contributed by atoms with Gasteiger partial charge in [-0.3, -0.25) is 4.79 Å². The third-order valence-corrected chi connectivity index (χ3v) is 4.33. The Hall–Kier alpha value is -0.770. The van der Waals surface area contributed by atoms with Gasteiger partial charge in [0.2, 0.25) is 5.91 Å². The number of carbonyl (C=O) groups is 1. The van der Waals surface area contributed by atoms with E-state index in [0.717, 1.165) is 24.8 Å². The molecule has 2 atom stereocenters. The molecule has 1 aliphatic carbocycles. The Morgan fingerprint density at radius 3 is 2.79 bits per heavy atom. The van der Waals surface area contributed by atoms with Crippen molar-refractivity contribution in [1.82, 2.24) is 5.32 Å². The molecule has 1 amide bonds. The number of nitrogens with one attached hydrogen (secondary N) is 1. The second-order valence-electron chi connectivity index (χ2n) is 4.97. The van der Waals surface area contributed by atoms with E-state index in [-0.39, 0.29) is 30.9 Å². The Bertz CT molecular complexity index is 465. The van der Waals surface area contributed by atoms with E-state index >= 15 is 0 Å². The number of aliphatic hydroxyl groups is 1. The van der Waals surface area contributed by atoms with Crippen LogP contribution in [0.5, 0.6) is 0 Å². The molecule has 1 aromatic rings. The molecule has 5 heteroatoms. The summed E-state index contributed by atoms with van der Waals surface area (Å²) >= 11 is 11.7. The van der Waals surface area contributed by atoms with Crippen LogP contribution in [0.1, 0.15) is 24.8 Å². The van der Waals surface area contributed by atoms with Crippen molar-refractivity contribution in [3.05, 3.63) is 33.8 Å². The maximum atomic E-state index is 12.0. The summed E-state index contributed by atoms with van der Waals surface area (Å²) in [6.07, 6.45) is 3.26. The number of carbonyl (C=O) groups excluding carboxylic acids is 1. The average Bonchev–Trinajstić information content (AvgIpc) is 2.81. The summed E-state index contributed by atoms with van der Waals surface area (Å²) in [5.41, 5.74) is 0.838. The molecule has 3 nitrogen and oxygen atoms in total. The summed E-state index contributed by atoms with van der Waals surface area (Å²) in [6, 6.07) is 5.30. The number of hydrogen-bond acceptors (Lipinski definition) is 2. The highest BCUT2D eigenvalue weighted by molar-refractivity contribution is 6.42. The summed E-state index contributed by atoms with van der Waals surface area (Å²) in [4.78, 5) is 12.0. The zero-order valence-electron chi connectivity index (χ0n) is 10.5. The molecule has 0 saturated heterocycles. The van der Waals surface area contributed by atoms with E-state index in [4.69, 9.17) is 23.2 Å². The standard InChI is InChI=1S/C14H17Cl2NO2/c15-11-5-4-9(6-12(11)16)7-14(19)17-13-3-1-2-10(13)8-18/h4-6,10,13,18H,1-3,7-8H2,(H,17,19). The van der Waals surface area contributed by atoms with E-state index in [9.17, 15) is 9.90 Å². The third kappa shape index (κ3) is 3.85. The molecule has 1 saturated carbocycles. The first-order valence-corrected chi connectivity index (χ1v) is 7.20. The van der Waals surface area contributed by atoms with Crippen molar-refractivity contribution in [2.45, 2.75) is 31.7 Å². The van der Waals surface area contributed by atoms with Gasteiger partial charge in [0.05, 0.1) is 16.5 Å². The van der Waals surface area contributed by atoms with Crippen LogP contribution in [-0.4, -0.2) is 23.7 Å². The van der Waals surface area contributed by atoms with Crippen molar-refractivity contribution in [2.24, 2.45) is 5.92 Å². The first-order chi connectivity index (χ1) is 9.10. The van der Waals surface area contributed by atoms with Crippen LogP contribution in [-0.2, 0) is 11.2 Å². The molecule has 0 heterocycles. The Labute approximate surface area is 122 Å². The number of aliphatic hydroxyl groups excluding tert-OH is 1. The summed E-state index contributed by atoms with van der Waals surface area (Å²) in [5.74, 6) is 0.154. The number of benzene rings is 1. The first-order valence-electron chi connectivity index (χ1n) is 6.44. The van der Waals surface area contributed by atoms with Crippen molar-refractivity contribution >= 4 is 29.1 Å². The van der Waals surface area contributed by atoms with Crippen LogP contribution in [0.15, 0.2) is 18.2 Å². The van der Waals surface area contributed by atoms with Gasteiger partial charge in [-0.1, -0.05) is 35.7 Å². The Balaban J connectivity index is 1.92. The third-order valence-electron chi connectivity index (χ3n) is 3.59. The molecule has 0 aliphatic heterocycles. The normalized spacial score (nSPS) is 22.5. The van der Waals surface area contributed by atoms with Crippen molar-refractivity contribution in [1.29, 1.82) is 0 Å². The fraction of sp³-hybridized carbons (Fsp3) is 0.500. The van der Waals surface area contributed by atoms with Gasteiger partial charge in [0.25, 0.3) is 0 Å². The van der Waals surface area contributed by atoms with E-state index in [2.05, 4.69) is 5.32 Å². The van der Waals surface area contributed by atoms with Crippen LogP contribution in [0.4, 0.5) is 0 Å². The van der Waals surface area contributed by atoms with Gasteiger partial charge >= 0.3 is 0 Å². The molecule has 0 aromatic heterocycles. The summed E-state index contributed by atoms with van der Waals surface area (Å²) in [5, 5.41) is 13.2. The fourth-order valence-corrected chi connectivity index (χ4v) is 2.86. The van der Waals surface area contributed by atoms with Gasteiger partial charge in [0, 0.05) is 18.6 Å².